The van der Waals surface area contributed by atoms with Gasteiger partial charge in [0, 0.05) is 6.08 Å². The van der Waals surface area contributed by atoms with Crippen LogP contribution in [0.25, 0.3) is 0 Å². The summed E-state index contributed by atoms with van der Waals surface area (Å²) < 4.78 is 5.31. The lowest BCUT2D eigenvalue weighted by Gasteiger charge is -2.11. The lowest BCUT2D eigenvalue weighted by atomic mass is 10.0. The lowest BCUT2D eigenvalue weighted by molar-refractivity contribution is -0.141. The van der Waals surface area contributed by atoms with Crippen molar-refractivity contribution in [3.8, 4) is 0 Å². The molecule has 0 aromatic carbocycles. The molecule has 146 valence electrons. The van der Waals surface area contributed by atoms with E-state index in [4.69, 9.17) is 4.74 Å². The number of unbranched alkanes of at least 4 members (excludes halogenated alkanes) is 12. The highest BCUT2D eigenvalue weighted by Gasteiger charge is 2.07. The van der Waals surface area contributed by atoms with Crippen LogP contribution in [-0.4, -0.2) is 12.1 Å². The molecule has 0 bridgehead atoms. The smallest absolute Gasteiger partial charge is 0.330 e. The van der Waals surface area contributed by atoms with Crippen LogP contribution in [0.15, 0.2) is 24.8 Å². The number of carbonyl (C=O) groups is 1. The Morgan fingerprint density at radius 3 is 1.84 bits per heavy atom. The number of carbonyl (C=O) groups excluding carboxylic acids is 1. The van der Waals surface area contributed by atoms with Crippen LogP contribution in [0.4, 0.5) is 0 Å². The molecule has 0 aliphatic heterocycles. The summed E-state index contributed by atoms with van der Waals surface area (Å²) in [6.45, 7) is 7.83. The first-order valence-electron chi connectivity index (χ1n) is 10.7. The second-order valence-electron chi connectivity index (χ2n) is 7.07. The Labute approximate surface area is 157 Å². The Hall–Kier alpha value is -1.05. The fourth-order valence-electron chi connectivity index (χ4n) is 3.03. The largest absolute Gasteiger partial charge is 0.455 e. The van der Waals surface area contributed by atoms with Gasteiger partial charge in [-0.15, -0.1) is 0 Å². The minimum absolute atomic E-state index is 0.0900. The van der Waals surface area contributed by atoms with Gasteiger partial charge in [0.05, 0.1) is 0 Å². The zero-order valence-electron chi connectivity index (χ0n) is 16.9. The minimum Gasteiger partial charge on any atom is -0.455 e. The van der Waals surface area contributed by atoms with Crippen molar-refractivity contribution in [3.63, 3.8) is 0 Å². The summed E-state index contributed by atoms with van der Waals surface area (Å²) in [6.07, 6.45) is 24.9. The molecular formula is C23H42O2. The van der Waals surface area contributed by atoms with Crippen molar-refractivity contribution in [1.29, 1.82) is 0 Å². The molecule has 0 saturated heterocycles. The number of rotatable bonds is 18. The van der Waals surface area contributed by atoms with Crippen LogP contribution < -0.4 is 0 Å². The molecule has 0 rings (SSSR count). The molecule has 0 spiro atoms. The van der Waals surface area contributed by atoms with Crippen molar-refractivity contribution in [2.45, 2.75) is 116 Å². The summed E-state index contributed by atoms with van der Waals surface area (Å²) in [7, 11) is 0. The fourth-order valence-corrected chi connectivity index (χ4v) is 3.03. The molecule has 0 aliphatic rings. The van der Waals surface area contributed by atoms with E-state index in [2.05, 4.69) is 26.5 Å². The molecule has 2 nitrogen and oxygen atoms in total. The first-order chi connectivity index (χ1) is 12.2. The molecule has 0 aliphatic carbocycles. The molecule has 0 saturated carbocycles. The van der Waals surface area contributed by atoms with E-state index in [9.17, 15) is 4.79 Å². The van der Waals surface area contributed by atoms with Crippen molar-refractivity contribution in [1.82, 2.24) is 0 Å². The van der Waals surface area contributed by atoms with Gasteiger partial charge in [-0.05, 0) is 25.3 Å². The van der Waals surface area contributed by atoms with Crippen LogP contribution in [0.5, 0.6) is 0 Å². The maximum Gasteiger partial charge on any atom is 0.330 e. The average Bonchev–Trinajstić information content (AvgIpc) is 2.61. The van der Waals surface area contributed by atoms with Gasteiger partial charge >= 0.3 is 5.97 Å². The third kappa shape index (κ3) is 17.6. The molecule has 1 unspecified atom stereocenters. The standard InChI is InChI=1S/C23H42O2/c1-4-7-8-9-10-11-12-13-14-15-16-17-18-19-21-22(20-5-2)25-23(24)6-3/h6,19,21-22H,3-5,7-18,20H2,1-2H3/b21-19+. The molecule has 0 radical (unpaired) electrons. The predicted molar refractivity (Wildman–Crippen MR) is 110 cm³/mol. The Morgan fingerprint density at radius 2 is 1.36 bits per heavy atom. The first kappa shape index (κ1) is 23.9. The summed E-state index contributed by atoms with van der Waals surface area (Å²) in [5.41, 5.74) is 0. The summed E-state index contributed by atoms with van der Waals surface area (Å²) in [5.74, 6) is -0.325. The highest BCUT2D eigenvalue weighted by atomic mass is 16.5. The highest BCUT2D eigenvalue weighted by Crippen LogP contribution is 2.13. The van der Waals surface area contributed by atoms with Crippen LogP contribution in [0.3, 0.4) is 0 Å². The van der Waals surface area contributed by atoms with Gasteiger partial charge in [0.2, 0.25) is 0 Å². The van der Waals surface area contributed by atoms with Gasteiger partial charge in [-0.25, -0.2) is 4.79 Å². The van der Waals surface area contributed by atoms with E-state index in [1.807, 2.05) is 6.08 Å². The quantitative estimate of drug-likeness (QED) is 0.110. The Kier molecular flexibility index (Phi) is 18.5. The monoisotopic (exact) mass is 350 g/mol. The molecule has 1 atom stereocenters. The number of esters is 1. The van der Waals surface area contributed by atoms with Gasteiger partial charge < -0.3 is 4.74 Å². The van der Waals surface area contributed by atoms with Gasteiger partial charge in [0.25, 0.3) is 0 Å². The second kappa shape index (κ2) is 19.3. The van der Waals surface area contributed by atoms with Crippen LogP contribution in [-0.2, 0) is 9.53 Å². The lowest BCUT2D eigenvalue weighted by Crippen LogP contribution is -2.13. The maximum atomic E-state index is 11.3. The van der Waals surface area contributed by atoms with Gasteiger partial charge in [0.15, 0.2) is 0 Å². The SMILES string of the molecule is C=CC(=O)OC(/C=C/CCCCCCCCCCCCCC)CCC. The van der Waals surface area contributed by atoms with Crippen LogP contribution in [0.2, 0.25) is 0 Å². The van der Waals surface area contributed by atoms with Crippen LogP contribution >= 0.6 is 0 Å². The van der Waals surface area contributed by atoms with E-state index in [0.29, 0.717) is 0 Å². The van der Waals surface area contributed by atoms with Gasteiger partial charge in [-0.1, -0.05) is 104 Å². The highest BCUT2D eigenvalue weighted by molar-refractivity contribution is 5.81. The molecule has 2 heteroatoms. The van der Waals surface area contributed by atoms with Gasteiger partial charge in [0.1, 0.15) is 6.10 Å². The van der Waals surface area contributed by atoms with Crippen molar-refractivity contribution in [2.24, 2.45) is 0 Å². The third-order valence-electron chi connectivity index (χ3n) is 4.58. The topological polar surface area (TPSA) is 26.3 Å². The van der Waals surface area contributed by atoms with E-state index in [0.717, 1.165) is 19.3 Å². The number of hydrogen-bond acceptors (Lipinski definition) is 2. The van der Waals surface area contributed by atoms with E-state index >= 15 is 0 Å². The van der Waals surface area contributed by atoms with E-state index < -0.39 is 0 Å². The van der Waals surface area contributed by atoms with Crippen LogP contribution in [0.1, 0.15) is 110 Å². The number of hydrogen-bond donors (Lipinski definition) is 0. The average molecular weight is 351 g/mol. The zero-order valence-corrected chi connectivity index (χ0v) is 16.9. The van der Waals surface area contributed by atoms with E-state index in [-0.39, 0.29) is 12.1 Å². The minimum atomic E-state index is -0.325. The third-order valence-corrected chi connectivity index (χ3v) is 4.58. The van der Waals surface area contributed by atoms with E-state index in [1.165, 1.54) is 83.1 Å². The van der Waals surface area contributed by atoms with Gasteiger partial charge in [-0.2, -0.15) is 0 Å². The first-order valence-corrected chi connectivity index (χ1v) is 10.7. The normalized spacial score (nSPS) is 12.4. The number of allylic oxidation sites excluding steroid dienone is 1. The maximum absolute atomic E-state index is 11.3. The molecule has 0 amide bonds. The summed E-state index contributed by atoms with van der Waals surface area (Å²) in [4.78, 5) is 11.3. The van der Waals surface area contributed by atoms with Crippen molar-refractivity contribution < 1.29 is 9.53 Å². The summed E-state index contributed by atoms with van der Waals surface area (Å²) in [5, 5.41) is 0. The van der Waals surface area contributed by atoms with Gasteiger partial charge in [-0.3, -0.25) is 0 Å². The summed E-state index contributed by atoms with van der Waals surface area (Å²) in [6, 6.07) is 0. The van der Waals surface area contributed by atoms with Crippen molar-refractivity contribution in [2.75, 3.05) is 0 Å². The molecule has 0 fully saturated rings. The Bertz CT molecular complexity index is 333. The van der Waals surface area contributed by atoms with Crippen molar-refractivity contribution >= 4 is 5.97 Å². The second-order valence-corrected chi connectivity index (χ2v) is 7.07. The molecule has 0 heterocycles. The van der Waals surface area contributed by atoms with E-state index in [1.54, 1.807) is 0 Å². The molecule has 0 N–H and O–H groups in total. The number of ether oxygens (including phenoxy) is 1. The molecular weight excluding hydrogens is 308 g/mol. The molecule has 0 aromatic heterocycles. The Balaban J connectivity index is 3.46. The fraction of sp³-hybridized carbons (Fsp3) is 0.783. The Morgan fingerprint density at radius 1 is 0.840 bits per heavy atom. The summed E-state index contributed by atoms with van der Waals surface area (Å²) >= 11 is 0. The molecule has 0 aromatic rings. The predicted octanol–water partition coefficient (Wildman–Crippen LogP) is 7.53. The van der Waals surface area contributed by atoms with Crippen LogP contribution in [0, 0.1) is 0 Å². The van der Waals surface area contributed by atoms with Crippen molar-refractivity contribution in [3.05, 3.63) is 24.8 Å². The molecule has 25 heavy (non-hydrogen) atoms. The zero-order chi connectivity index (χ0) is 18.6.